The van der Waals surface area contributed by atoms with E-state index in [4.69, 9.17) is 0 Å². The van der Waals surface area contributed by atoms with E-state index in [0.29, 0.717) is 0 Å². The molecule has 11 rings (SSSR count). The van der Waals surface area contributed by atoms with E-state index in [1.165, 1.54) is 101 Å². The topological polar surface area (TPSA) is 0 Å². The van der Waals surface area contributed by atoms with Gasteiger partial charge in [-0.25, -0.2) is 0 Å². The molecule has 186 valence electrons. The van der Waals surface area contributed by atoms with Crippen LogP contribution in [0.25, 0.3) is 84.1 Å². The normalized spacial score (nSPS) is 13.3. The molecule has 4 heterocycles. The van der Waals surface area contributed by atoms with Crippen LogP contribution < -0.4 is 16.4 Å². The summed E-state index contributed by atoms with van der Waals surface area (Å²) >= 11 is 3.88. The molecule has 0 atom stereocenters. The molecule has 9 aromatic rings. The minimum Gasteiger partial charge on any atom is -0.135 e. The Bertz CT molecular complexity index is 2470. The molecule has 0 N–H and O–H groups in total. The van der Waals surface area contributed by atoms with Crippen molar-refractivity contribution in [3.63, 3.8) is 0 Å². The van der Waals surface area contributed by atoms with Gasteiger partial charge < -0.3 is 0 Å². The minimum atomic E-state index is 0.229. The second-order valence-corrected chi connectivity index (χ2v) is 13.6. The summed E-state index contributed by atoms with van der Waals surface area (Å²) < 4.78 is 5.55. The zero-order valence-electron chi connectivity index (χ0n) is 21.9. The van der Waals surface area contributed by atoms with E-state index < -0.39 is 0 Å². The van der Waals surface area contributed by atoms with Crippen molar-refractivity contribution < 1.29 is 0 Å². The van der Waals surface area contributed by atoms with Gasteiger partial charge in [0.15, 0.2) is 0 Å². The Kier molecular flexibility index (Phi) is 3.77. The third-order valence-electron chi connectivity index (χ3n) is 9.66. The van der Waals surface area contributed by atoms with E-state index >= 15 is 0 Å². The SMILES string of the molecule is c1cc2c3c(c1)-c1cc4c5ccccc5sc4c4cccc(c14)B3c1cccc3c1c-2cc1c2ccccc2sc31. The molecule has 0 bridgehead atoms. The van der Waals surface area contributed by atoms with E-state index in [1.807, 2.05) is 22.7 Å². The highest BCUT2D eigenvalue weighted by molar-refractivity contribution is 7.27. The molecule has 0 spiro atoms. The zero-order valence-corrected chi connectivity index (χ0v) is 23.5. The number of hydrogen-bond acceptors (Lipinski definition) is 2. The molecular weight excluding hydrogens is 531 g/mol. The average molecular weight is 551 g/mol. The highest BCUT2D eigenvalue weighted by Gasteiger charge is 2.39. The van der Waals surface area contributed by atoms with Gasteiger partial charge in [-0.05, 0) is 68.1 Å². The van der Waals surface area contributed by atoms with Gasteiger partial charge in [-0.3, -0.25) is 0 Å². The fraction of sp³-hybridized carbons (Fsp3) is 0. The van der Waals surface area contributed by atoms with Crippen LogP contribution in [0.3, 0.4) is 0 Å². The van der Waals surface area contributed by atoms with Crippen molar-refractivity contribution in [1.82, 2.24) is 0 Å². The first-order valence-electron chi connectivity index (χ1n) is 14.2. The van der Waals surface area contributed by atoms with E-state index in [-0.39, 0.29) is 6.71 Å². The van der Waals surface area contributed by atoms with Crippen LogP contribution in [-0.2, 0) is 0 Å². The Morgan fingerprint density at radius 2 is 0.854 bits per heavy atom. The molecule has 0 nitrogen and oxygen atoms in total. The highest BCUT2D eigenvalue weighted by atomic mass is 32.1. The quantitative estimate of drug-likeness (QED) is 0.165. The molecule has 2 aliphatic heterocycles. The summed E-state index contributed by atoms with van der Waals surface area (Å²) in [6.45, 7) is 0.229. The maximum Gasteiger partial charge on any atom is 0.244 e. The van der Waals surface area contributed by atoms with Crippen LogP contribution in [0.5, 0.6) is 0 Å². The van der Waals surface area contributed by atoms with Crippen molar-refractivity contribution in [3.05, 3.63) is 115 Å². The zero-order chi connectivity index (χ0) is 26.4. The van der Waals surface area contributed by atoms with Gasteiger partial charge in [0.2, 0.25) is 6.71 Å². The van der Waals surface area contributed by atoms with Crippen LogP contribution in [0.1, 0.15) is 0 Å². The smallest absolute Gasteiger partial charge is 0.135 e. The number of thiophene rings is 2. The molecule has 2 aliphatic rings. The van der Waals surface area contributed by atoms with E-state index in [1.54, 1.807) is 0 Å². The van der Waals surface area contributed by atoms with E-state index in [9.17, 15) is 0 Å². The van der Waals surface area contributed by atoms with Gasteiger partial charge >= 0.3 is 0 Å². The maximum atomic E-state index is 2.50. The largest absolute Gasteiger partial charge is 0.244 e. The Hall–Kier alpha value is -4.44. The molecule has 0 unspecified atom stereocenters. The summed E-state index contributed by atoms with van der Waals surface area (Å²) in [5.74, 6) is 0. The third-order valence-corrected chi connectivity index (χ3v) is 12.1. The number of benzene rings is 7. The summed E-state index contributed by atoms with van der Waals surface area (Å²) in [4.78, 5) is 0. The summed E-state index contributed by atoms with van der Waals surface area (Å²) in [5.41, 5.74) is 9.94. The second-order valence-electron chi connectivity index (χ2n) is 11.5. The Labute approximate surface area is 244 Å². The van der Waals surface area contributed by atoms with Gasteiger partial charge in [0, 0.05) is 40.3 Å². The van der Waals surface area contributed by atoms with Crippen molar-refractivity contribution in [2.24, 2.45) is 0 Å². The highest BCUT2D eigenvalue weighted by Crippen LogP contribution is 2.47. The molecule has 41 heavy (non-hydrogen) atoms. The van der Waals surface area contributed by atoms with E-state index in [0.717, 1.165) is 0 Å². The molecule has 3 heteroatoms. The molecule has 2 aromatic heterocycles. The fourth-order valence-corrected chi connectivity index (χ4v) is 10.5. The predicted octanol–water partition coefficient (Wildman–Crippen LogP) is 9.21. The van der Waals surface area contributed by atoms with Crippen molar-refractivity contribution in [2.75, 3.05) is 0 Å². The lowest BCUT2D eigenvalue weighted by Crippen LogP contribution is -2.57. The molecule has 0 saturated heterocycles. The lowest BCUT2D eigenvalue weighted by Gasteiger charge is -2.34. The third kappa shape index (κ3) is 2.46. The van der Waals surface area contributed by atoms with Crippen LogP contribution in [0.15, 0.2) is 115 Å². The van der Waals surface area contributed by atoms with Gasteiger partial charge in [0.1, 0.15) is 0 Å². The molecule has 0 saturated carbocycles. The Morgan fingerprint density at radius 3 is 1.39 bits per heavy atom. The average Bonchev–Trinajstić information content (AvgIpc) is 3.59. The second kappa shape index (κ2) is 7.25. The van der Waals surface area contributed by atoms with Gasteiger partial charge in [-0.1, -0.05) is 107 Å². The van der Waals surface area contributed by atoms with Crippen LogP contribution >= 0.6 is 22.7 Å². The molecule has 7 aromatic carbocycles. The summed E-state index contributed by atoms with van der Waals surface area (Å²) in [6, 6.07) is 43.9. The molecule has 0 radical (unpaired) electrons. The van der Waals surface area contributed by atoms with Gasteiger partial charge in [0.05, 0.1) is 0 Å². The van der Waals surface area contributed by atoms with Crippen molar-refractivity contribution >= 4 is 108 Å². The first kappa shape index (κ1) is 21.3. The molecular formula is C38H19BS2. The Balaban J connectivity index is 1.35. The first-order valence-corrected chi connectivity index (χ1v) is 15.9. The van der Waals surface area contributed by atoms with Crippen molar-refractivity contribution in [1.29, 1.82) is 0 Å². The maximum absolute atomic E-state index is 2.50. The van der Waals surface area contributed by atoms with E-state index in [2.05, 4.69) is 115 Å². The number of fused-ring (bicyclic) bond motifs is 12. The standard InChI is InChI=1S/C38H19BS2/c1-3-16-32-20(8-1)28-18-26-22-10-5-11-23-27-19-29-21-9-2-4-17-33(21)41-38(29)25-13-7-15-31(35(25)27)39(36(22)23)30-14-6-12-24(34(26)30)37(28)40-32/h1-19H. The predicted molar refractivity (Wildman–Crippen MR) is 183 cm³/mol. The van der Waals surface area contributed by atoms with Crippen LogP contribution in [0, 0.1) is 0 Å². The van der Waals surface area contributed by atoms with Gasteiger partial charge in [-0.15, -0.1) is 22.7 Å². The molecule has 0 aliphatic carbocycles. The van der Waals surface area contributed by atoms with Gasteiger partial charge in [0.25, 0.3) is 0 Å². The molecule has 0 fully saturated rings. The monoisotopic (exact) mass is 550 g/mol. The lowest BCUT2D eigenvalue weighted by molar-refractivity contribution is 1.66. The fourth-order valence-electron chi connectivity index (χ4n) is 8.10. The van der Waals surface area contributed by atoms with Crippen LogP contribution in [0.2, 0.25) is 0 Å². The number of rotatable bonds is 0. The summed E-state index contributed by atoms with van der Waals surface area (Å²) in [5, 5.41) is 11.1. The lowest BCUT2D eigenvalue weighted by atomic mass is 9.31. The van der Waals surface area contributed by atoms with Crippen molar-refractivity contribution in [3.8, 4) is 22.3 Å². The summed E-state index contributed by atoms with van der Waals surface area (Å²) in [6.07, 6.45) is 0. The van der Waals surface area contributed by atoms with Crippen LogP contribution in [-0.4, -0.2) is 6.71 Å². The summed E-state index contributed by atoms with van der Waals surface area (Å²) in [7, 11) is 0. The first-order chi connectivity index (χ1) is 20.3. The number of hydrogen-bond donors (Lipinski definition) is 0. The van der Waals surface area contributed by atoms with Gasteiger partial charge in [-0.2, -0.15) is 0 Å². The van der Waals surface area contributed by atoms with Crippen molar-refractivity contribution in [2.45, 2.75) is 0 Å². The van der Waals surface area contributed by atoms with Crippen LogP contribution in [0.4, 0.5) is 0 Å². The molecule has 0 amide bonds. The minimum absolute atomic E-state index is 0.229. The Morgan fingerprint density at radius 1 is 0.390 bits per heavy atom.